The van der Waals surface area contributed by atoms with Gasteiger partial charge < -0.3 is 23.7 Å². The molecule has 1 saturated heterocycles. The van der Waals surface area contributed by atoms with Crippen molar-refractivity contribution in [2.75, 3.05) is 37.8 Å². The lowest BCUT2D eigenvalue weighted by atomic mass is 10.1. The summed E-state index contributed by atoms with van der Waals surface area (Å²) in [4.78, 5) is 14.5. The van der Waals surface area contributed by atoms with Crippen LogP contribution in [-0.4, -0.2) is 51.0 Å². The maximum absolute atomic E-state index is 12.5. The number of anilines is 1. The lowest BCUT2D eigenvalue weighted by Gasteiger charge is -2.28. The fourth-order valence-corrected chi connectivity index (χ4v) is 4.40. The molecular weight excluding hydrogens is 496 g/mol. The molecular formula is C27H28N2O7S. The van der Waals surface area contributed by atoms with Crippen molar-refractivity contribution in [3.05, 3.63) is 89.0 Å². The van der Waals surface area contributed by atoms with Crippen LogP contribution >= 0.6 is 0 Å². The Morgan fingerprint density at radius 2 is 1.68 bits per heavy atom. The molecule has 194 valence electrons. The van der Waals surface area contributed by atoms with E-state index in [0.29, 0.717) is 30.9 Å². The number of hydrogen-bond donors (Lipinski definition) is 1. The van der Waals surface area contributed by atoms with Crippen molar-refractivity contribution >= 4 is 26.8 Å². The highest BCUT2D eigenvalue weighted by Gasteiger charge is 2.14. The first-order chi connectivity index (χ1) is 17.7. The zero-order valence-electron chi connectivity index (χ0n) is 20.4. The maximum atomic E-state index is 12.5. The second-order valence-electron chi connectivity index (χ2n) is 8.58. The van der Waals surface area contributed by atoms with Crippen molar-refractivity contribution in [1.82, 2.24) is 0 Å². The molecule has 4 aromatic rings. The number of hydrogen-bond acceptors (Lipinski definition) is 8. The number of aliphatic hydroxyl groups excluding tert-OH is 1. The standard InChI is InChI=1S/C20H21N2O4.C7H8O3S/c23-10-7-21-5-3-15(4-6-21)18-13-16-1-2-17(14-19(16)26-20(18)24)22-8-11-25-12-9-22;1-6-2-4-7(5-3-6)11(8,9)10/h1-6,13-14,23H,7-12H2;2-5H,1H3,(H,8,9,10)/q+1;/p-1. The molecule has 1 aliphatic heterocycles. The molecule has 0 bridgehead atoms. The third-order valence-electron chi connectivity index (χ3n) is 5.97. The van der Waals surface area contributed by atoms with E-state index in [-0.39, 0.29) is 17.1 Å². The van der Waals surface area contributed by atoms with E-state index in [1.54, 1.807) is 12.1 Å². The summed E-state index contributed by atoms with van der Waals surface area (Å²) in [5.41, 5.74) is 3.55. The van der Waals surface area contributed by atoms with Gasteiger partial charge in [0, 0.05) is 47.9 Å². The molecule has 0 unspecified atom stereocenters. The Morgan fingerprint density at radius 3 is 2.30 bits per heavy atom. The van der Waals surface area contributed by atoms with Crippen LogP contribution in [0.25, 0.3) is 22.1 Å². The fourth-order valence-electron chi connectivity index (χ4n) is 3.93. The van der Waals surface area contributed by atoms with Crippen molar-refractivity contribution in [2.24, 2.45) is 0 Å². The van der Waals surface area contributed by atoms with E-state index >= 15 is 0 Å². The van der Waals surface area contributed by atoms with Crippen molar-refractivity contribution in [3.63, 3.8) is 0 Å². The summed E-state index contributed by atoms with van der Waals surface area (Å²) < 4.78 is 44.0. The molecule has 1 fully saturated rings. The van der Waals surface area contributed by atoms with Gasteiger partial charge in [0.1, 0.15) is 22.3 Å². The quantitative estimate of drug-likeness (QED) is 0.240. The van der Waals surface area contributed by atoms with Gasteiger partial charge in [0.15, 0.2) is 18.9 Å². The molecule has 0 radical (unpaired) electrons. The summed E-state index contributed by atoms with van der Waals surface area (Å²) >= 11 is 0. The minimum atomic E-state index is -4.27. The van der Waals surface area contributed by atoms with Crippen molar-refractivity contribution < 1.29 is 31.8 Å². The summed E-state index contributed by atoms with van der Waals surface area (Å²) in [6.07, 6.45) is 3.69. The summed E-state index contributed by atoms with van der Waals surface area (Å²) in [6.45, 7) is 5.53. The fraction of sp³-hybridized carbons (Fsp3) is 0.259. The first-order valence-corrected chi connectivity index (χ1v) is 13.2. The first-order valence-electron chi connectivity index (χ1n) is 11.8. The SMILES string of the molecule is Cc1ccc(S(=O)(=O)[O-])cc1.O=c1oc2cc(N3CCOCC3)ccc2cc1-c1cc[n+](CCO)cc1. The van der Waals surface area contributed by atoms with Crippen LogP contribution in [0.5, 0.6) is 0 Å². The number of ether oxygens (including phenoxy) is 1. The zero-order chi connectivity index (χ0) is 26.4. The van der Waals surface area contributed by atoms with Gasteiger partial charge in [-0.2, -0.15) is 0 Å². The second kappa shape index (κ2) is 11.7. The Kier molecular flexibility index (Phi) is 8.34. The number of aromatic nitrogens is 1. The predicted molar refractivity (Wildman–Crippen MR) is 137 cm³/mol. The summed E-state index contributed by atoms with van der Waals surface area (Å²) in [5, 5.41) is 9.88. The molecule has 37 heavy (non-hydrogen) atoms. The minimum absolute atomic E-state index is 0.0770. The monoisotopic (exact) mass is 524 g/mol. The summed E-state index contributed by atoms with van der Waals surface area (Å²) in [7, 11) is -4.27. The topological polar surface area (TPSA) is 124 Å². The van der Waals surface area contributed by atoms with E-state index in [1.807, 2.05) is 54.2 Å². The molecule has 3 heterocycles. The van der Waals surface area contributed by atoms with Crippen LogP contribution in [0.4, 0.5) is 5.69 Å². The van der Waals surface area contributed by atoms with Crippen LogP contribution in [0.1, 0.15) is 5.56 Å². The highest BCUT2D eigenvalue weighted by molar-refractivity contribution is 7.85. The number of nitrogens with zero attached hydrogens (tertiary/aromatic N) is 2. The van der Waals surface area contributed by atoms with E-state index in [0.717, 1.165) is 35.3 Å². The Morgan fingerprint density at radius 1 is 1.00 bits per heavy atom. The zero-order valence-corrected chi connectivity index (χ0v) is 21.2. The van der Waals surface area contributed by atoms with Gasteiger partial charge in [-0.05, 0) is 37.3 Å². The smallest absolute Gasteiger partial charge is 0.344 e. The molecule has 10 heteroatoms. The number of aliphatic hydroxyl groups is 1. The van der Waals surface area contributed by atoms with E-state index in [2.05, 4.69) is 11.0 Å². The number of pyridine rings is 1. The summed E-state index contributed by atoms with van der Waals surface area (Å²) in [5.74, 6) is 0. The van der Waals surface area contributed by atoms with E-state index in [1.165, 1.54) is 12.1 Å². The number of morpholine rings is 1. The van der Waals surface area contributed by atoms with Gasteiger partial charge in [-0.25, -0.2) is 17.8 Å². The molecule has 2 aromatic heterocycles. The molecule has 0 amide bonds. The molecule has 0 saturated carbocycles. The van der Waals surface area contributed by atoms with Crippen LogP contribution in [0.2, 0.25) is 0 Å². The van der Waals surface area contributed by atoms with E-state index in [4.69, 9.17) is 14.3 Å². The van der Waals surface area contributed by atoms with E-state index in [9.17, 15) is 17.8 Å². The number of fused-ring (bicyclic) bond motifs is 1. The second-order valence-corrected chi connectivity index (χ2v) is 9.96. The molecule has 0 spiro atoms. The lowest BCUT2D eigenvalue weighted by Crippen LogP contribution is -2.36. The third-order valence-corrected chi connectivity index (χ3v) is 6.82. The van der Waals surface area contributed by atoms with Gasteiger partial charge in [0.25, 0.3) is 0 Å². The normalized spacial score (nSPS) is 13.8. The Labute approximate surface area is 214 Å². The molecule has 1 aliphatic rings. The van der Waals surface area contributed by atoms with Gasteiger partial charge in [-0.3, -0.25) is 0 Å². The van der Waals surface area contributed by atoms with Gasteiger partial charge in [-0.1, -0.05) is 17.7 Å². The van der Waals surface area contributed by atoms with Crippen molar-refractivity contribution in [3.8, 4) is 11.1 Å². The summed E-state index contributed by atoms with van der Waals surface area (Å²) in [6, 6.07) is 17.3. The first kappa shape index (κ1) is 26.5. The molecule has 2 aromatic carbocycles. The highest BCUT2D eigenvalue weighted by Crippen LogP contribution is 2.25. The number of aryl methyl sites for hydroxylation is 1. The third kappa shape index (κ3) is 6.80. The molecule has 1 N–H and O–H groups in total. The van der Waals surface area contributed by atoms with Crippen molar-refractivity contribution in [2.45, 2.75) is 18.4 Å². The highest BCUT2D eigenvalue weighted by atomic mass is 32.2. The average Bonchev–Trinajstić information content (AvgIpc) is 2.89. The van der Waals surface area contributed by atoms with Gasteiger partial charge in [0.05, 0.1) is 23.7 Å². The van der Waals surface area contributed by atoms with Gasteiger partial charge in [-0.15, -0.1) is 0 Å². The van der Waals surface area contributed by atoms with Crippen LogP contribution in [0, 0.1) is 6.92 Å². The van der Waals surface area contributed by atoms with Crippen LogP contribution in [0.3, 0.4) is 0 Å². The molecule has 9 nitrogen and oxygen atoms in total. The number of rotatable bonds is 5. The van der Waals surface area contributed by atoms with Crippen LogP contribution < -0.4 is 15.1 Å². The van der Waals surface area contributed by atoms with Crippen LogP contribution in [0.15, 0.2) is 87.2 Å². The Hall–Kier alpha value is -3.57. The van der Waals surface area contributed by atoms with Gasteiger partial charge >= 0.3 is 5.63 Å². The molecule has 5 rings (SSSR count). The molecule has 0 aliphatic carbocycles. The predicted octanol–water partition coefficient (Wildman–Crippen LogP) is 2.48. The maximum Gasteiger partial charge on any atom is 0.344 e. The van der Waals surface area contributed by atoms with Crippen LogP contribution in [-0.2, 0) is 21.4 Å². The Bertz CT molecular complexity index is 1510. The molecule has 0 atom stereocenters. The van der Waals surface area contributed by atoms with Gasteiger partial charge in [0.2, 0.25) is 0 Å². The lowest BCUT2D eigenvalue weighted by molar-refractivity contribution is -0.698. The average molecular weight is 525 g/mol. The Balaban J connectivity index is 0.000000245. The van der Waals surface area contributed by atoms with Crippen molar-refractivity contribution in [1.29, 1.82) is 0 Å². The largest absolute Gasteiger partial charge is 0.744 e. The van der Waals surface area contributed by atoms with E-state index < -0.39 is 10.1 Å². The number of benzene rings is 2. The minimum Gasteiger partial charge on any atom is -0.744 e.